The molecule has 0 spiro atoms. The lowest BCUT2D eigenvalue weighted by Gasteiger charge is -2.11. The Morgan fingerprint density at radius 2 is 2.11 bits per heavy atom. The normalized spacial score (nSPS) is 10.7. The maximum Gasteiger partial charge on any atom is 0.387 e. The zero-order valence-corrected chi connectivity index (χ0v) is 9.60. The lowest BCUT2D eigenvalue weighted by atomic mass is 10.1. The molecule has 0 atom stereocenters. The molecule has 0 aliphatic carbocycles. The number of rotatable bonds is 5. The maximum absolute atomic E-state index is 12.2. The molecule has 0 saturated heterocycles. The average Bonchev–Trinajstić information content (AvgIpc) is 2.84. The van der Waals surface area contributed by atoms with E-state index >= 15 is 0 Å². The number of benzene rings is 1. The molecular weight excluding hydrogens is 244 g/mol. The van der Waals surface area contributed by atoms with Crippen molar-refractivity contribution in [2.45, 2.75) is 13.5 Å². The minimum Gasteiger partial charge on any atom is -0.490 e. The predicted molar refractivity (Wildman–Crippen MR) is 59.7 cm³/mol. The summed E-state index contributed by atoms with van der Waals surface area (Å²) in [5.74, 6) is 0.248. The Bertz CT molecular complexity index is 500. The lowest BCUT2D eigenvalue weighted by molar-refractivity contribution is -0.0514. The van der Waals surface area contributed by atoms with Gasteiger partial charge in [0.15, 0.2) is 11.5 Å². The topological polar surface area (TPSA) is 44.5 Å². The third-order valence-electron chi connectivity index (χ3n) is 2.19. The summed E-state index contributed by atoms with van der Waals surface area (Å²) >= 11 is 0. The largest absolute Gasteiger partial charge is 0.490 e. The van der Waals surface area contributed by atoms with Crippen LogP contribution in [0, 0.1) is 0 Å². The highest BCUT2D eigenvalue weighted by molar-refractivity contribution is 5.63. The van der Waals surface area contributed by atoms with Crippen molar-refractivity contribution in [2.24, 2.45) is 0 Å². The number of hydrogen-bond acceptors (Lipinski definition) is 4. The Morgan fingerprint density at radius 3 is 2.72 bits per heavy atom. The van der Waals surface area contributed by atoms with Crippen molar-refractivity contribution < 1.29 is 22.8 Å². The number of hydrogen-bond donors (Lipinski definition) is 0. The fourth-order valence-corrected chi connectivity index (χ4v) is 1.49. The number of aromatic nitrogens is 1. The quantitative estimate of drug-likeness (QED) is 0.821. The molecule has 6 heteroatoms. The molecule has 4 nitrogen and oxygen atoms in total. The summed E-state index contributed by atoms with van der Waals surface area (Å²) in [4.78, 5) is 0. The van der Waals surface area contributed by atoms with Crippen LogP contribution in [0.3, 0.4) is 0 Å². The molecule has 0 aliphatic rings. The van der Waals surface area contributed by atoms with Gasteiger partial charge in [-0.3, -0.25) is 0 Å². The van der Waals surface area contributed by atoms with E-state index in [0.717, 1.165) is 0 Å². The molecular formula is C12H11F2NO3. The predicted octanol–water partition coefficient (Wildman–Crippen LogP) is 3.34. The summed E-state index contributed by atoms with van der Waals surface area (Å²) in [6.07, 6.45) is 1.43. The third-order valence-corrected chi connectivity index (χ3v) is 2.19. The van der Waals surface area contributed by atoms with Gasteiger partial charge in [-0.15, -0.1) is 0 Å². The number of ether oxygens (including phenoxy) is 2. The van der Waals surface area contributed by atoms with Crippen LogP contribution in [0.4, 0.5) is 8.78 Å². The van der Waals surface area contributed by atoms with Crippen molar-refractivity contribution in [3.63, 3.8) is 0 Å². The molecule has 1 aromatic heterocycles. The fourth-order valence-electron chi connectivity index (χ4n) is 1.49. The highest BCUT2D eigenvalue weighted by Crippen LogP contribution is 2.33. The van der Waals surface area contributed by atoms with Gasteiger partial charge in [0.25, 0.3) is 0 Å². The molecule has 18 heavy (non-hydrogen) atoms. The van der Waals surface area contributed by atoms with Crippen molar-refractivity contribution in [1.82, 2.24) is 5.16 Å². The molecule has 0 saturated carbocycles. The molecule has 1 heterocycles. The Hall–Kier alpha value is -2.11. The van der Waals surface area contributed by atoms with Gasteiger partial charge in [0.2, 0.25) is 0 Å². The molecule has 2 aromatic rings. The Kier molecular flexibility index (Phi) is 3.76. The molecule has 0 aliphatic heterocycles. The van der Waals surface area contributed by atoms with Gasteiger partial charge in [0.1, 0.15) is 12.0 Å². The second-order valence-corrected chi connectivity index (χ2v) is 3.36. The Balaban J connectivity index is 2.33. The van der Waals surface area contributed by atoms with E-state index in [-0.39, 0.29) is 11.5 Å². The summed E-state index contributed by atoms with van der Waals surface area (Å²) in [6, 6.07) is 6.27. The summed E-state index contributed by atoms with van der Waals surface area (Å²) in [5.41, 5.74) is 1.30. The van der Waals surface area contributed by atoms with Crippen molar-refractivity contribution >= 4 is 0 Å². The van der Waals surface area contributed by atoms with Crippen molar-refractivity contribution in [1.29, 1.82) is 0 Å². The summed E-state index contributed by atoms with van der Waals surface area (Å²) in [5, 5.41) is 3.76. The van der Waals surface area contributed by atoms with Gasteiger partial charge in [-0.25, -0.2) is 0 Å². The molecule has 96 valence electrons. The first-order chi connectivity index (χ1) is 8.70. The first-order valence-electron chi connectivity index (χ1n) is 5.33. The van der Waals surface area contributed by atoms with Crippen LogP contribution in [0.1, 0.15) is 6.92 Å². The highest BCUT2D eigenvalue weighted by Gasteiger charge is 2.13. The van der Waals surface area contributed by atoms with Crippen LogP contribution >= 0.6 is 0 Å². The third kappa shape index (κ3) is 2.77. The fraction of sp³-hybridized carbons (Fsp3) is 0.250. The monoisotopic (exact) mass is 255 g/mol. The lowest BCUT2D eigenvalue weighted by Crippen LogP contribution is -2.04. The van der Waals surface area contributed by atoms with Crippen LogP contribution in [0.5, 0.6) is 11.5 Å². The van der Waals surface area contributed by atoms with Crippen molar-refractivity contribution in [3.05, 3.63) is 30.5 Å². The van der Waals surface area contributed by atoms with E-state index in [1.54, 1.807) is 25.1 Å². The van der Waals surface area contributed by atoms with Crippen LogP contribution in [0.25, 0.3) is 11.3 Å². The Morgan fingerprint density at radius 1 is 1.28 bits per heavy atom. The number of alkyl halides is 2. The van der Waals surface area contributed by atoms with Gasteiger partial charge in [0, 0.05) is 11.6 Å². The zero-order valence-electron chi connectivity index (χ0n) is 9.60. The molecule has 0 bridgehead atoms. The van der Waals surface area contributed by atoms with E-state index in [9.17, 15) is 8.78 Å². The number of nitrogens with zero attached hydrogens (tertiary/aromatic N) is 1. The molecule has 1 aromatic carbocycles. The van der Waals surface area contributed by atoms with E-state index in [2.05, 4.69) is 9.89 Å². The van der Waals surface area contributed by atoms with Crippen molar-refractivity contribution in [3.8, 4) is 22.8 Å². The first-order valence-corrected chi connectivity index (χ1v) is 5.33. The second kappa shape index (κ2) is 5.48. The molecule has 0 fully saturated rings. The van der Waals surface area contributed by atoms with Crippen LogP contribution < -0.4 is 9.47 Å². The molecule has 2 rings (SSSR count). The average molecular weight is 255 g/mol. The van der Waals surface area contributed by atoms with Gasteiger partial charge < -0.3 is 14.0 Å². The van der Waals surface area contributed by atoms with Crippen molar-refractivity contribution in [2.75, 3.05) is 6.61 Å². The van der Waals surface area contributed by atoms with E-state index in [1.165, 1.54) is 12.3 Å². The van der Waals surface area contributed by atoms with E-state index in [1.807, 2.05) is 0 Å². The Labute approximate surface area is 102 Å². The van der Waals surface area contributed by atoms with Gasteiger partial charge in [0.05, 0.1) is 6.61 Å². The van der Waals surface area contributed by atoms with Crippen LogP contribution in [0.2, 0.25) is 0 Å². The second-order valence-electron chi connectivity index (χ2n) is 3.36. The summed E-state index contributed by atoms with van der Waals surface area (Å²) < 4.78 is 38.8. The smallest absolute Gasteiger partial charge is 0.387 e. The van der Waals surface area contributed by atoms with Crippen LogP contribution in [0.15, 0.2) is 35.1 Å². The molecule has 0 unspecified atom stereocenters. The summed E-state index contributed by atoms with van der Waals surface area (Å²) in [6.45, 7) is -0.779. The van der Waals surface area contributed by atoms with Gasteiger partial charge in [-0.2, -0.15) is 8.78 Å². The van der Waals surface area contributed by atoms with E-state index in [0.29, 0.717) is 17.9 Å². The molecule has 0 amide bonds. The summed E-state index contributed by atoms with van der Waals surface area (Å²) in [7, 11) is 0. The number of halogens is 2. The van der Waals surface area contributed by atoms with Gasteiger partial charge in [-0.05, 0) is 25.1 Å². The van der Waals surface area contributed by atoms with E-state index in [4.69, 9.17) is 9.26 Å². The van der Waals surface area contributed by atoms with E-state index < -0.39 is 6.61 Å². The standard InChI is InChI=1S/C12H11F2NO3/c1-2-16-11-7-8(9-5-6-17-15-9)3-4-10(11)18-12(13)14/h3-7,12H,2H2,1H3. The molecule has 0 radical (unpaired) electrons. The maximum atomic E-state index is 12.2. The van der Waals surface area contributed by atoms with Gasteiger partial charge in [-0.1, -0.05) is 5.16 Å². The SMILES string of the molecule is CCOc1cc(-c2ccon2)ccc1OC(F)F. The van der Waals surface area contributed by atoms with Crippen LogP contribution in [-0.4, -0.2) is 18.4 Å². The minimum atomic E-state index is -2.89. The first kappa shape index (κ1) is 12.3. The molecule has 0 N–H and O–H groups in total. The highest BCUT2D eigenvalue weighted by atomic mass is 19.3. The van der Waals surface area contributed by atoms with Gasteiger partial charge >= 0.3 is 6.61 Å². The zero-order chi connectivity index (χ0) is 13.0. The minimum absolute atomic E-state index is 0.000838. The van der Waals surface area contributed by atoms with Crippen LogP contribution in [-0.2, 0) is 0 Å².